The Bertz CT molecular complexity index is 1090. The van der Waals surface area contributed by atoms with E-state index in [1.54, 1.807) is 23.1 Å². The molecule has 0 aromatic heterocycles. The van der Waals surface area contributed by atoms with Crippen LogP contribution in [0, 0.1) is 5.92 Å². The van der Waals surface area contributed by atoms with E-state index in [1.165, 1.54) is 5.56 Å². The molecule has 0 spiro atoms. The lowest BCUT2D eigenvalue weighted by atomic mass is 9.99. The van der Waals surface area contributed by atoms with E-state index < -0.39 is 0 Å². The standard InChI is InChI=1S/C30H42N4O5/c1-22-18-34(23(2)21-35)30(37)26-17-25(31-29(36)11-12-33-13-15-38-16-14-33)9-10-27(26)39-28(22)20-32(3)19-24-7-5-4-6-8-24/h4-10,17,22-23,28,35H,11-16,18-21H2,1-3H3,(H,31,36)/t22-,23+,28-/m0/s1. The second-order valence-corrected chi connectivity index (χ2v) is 10.8. The van der Waals surface area contributed by atoms with Crippen molar-refractivity contribution in [3.8, 4) is 5.75 Å². The summed E-state index contributed by atoms with van der Waals surface area (Å²) in [5.74, 6) is 0.217. The van der Waals surface area contributed by atoms with E-state index in [4.69, 9.17) is 9.47 Å². The van der Waals surface area contributed by atoms with Crippen molar-refractivity contribution in [2.24, 2.45) is 5.92 Å². The van der Waals surface area contributed by atoms with Crippen molar-refractivity contribution in [2.75, 3.05) is 64.9 Å². The van der Waals surface area contributed by atoms with E-state index in [9.17, 15) is 14.7 Å². The summed E-state index contributed by atoms with van der Waals surface area (Å²) < 4.78 is 11.9. The molecule has 0 unspecified atom stereocenters. The molecule has 2 aliphatic rings. The number of hydrogen-bond acceptors (Lipinski definition) is 7. The predicted octanol–water partition coefficient (Wildman–Crippen LogP) is 2.70. The zero-order valence-electron chi connectivity index (χ0n) is 23.3. The molecule has 2 N–H and O–H groups in total. The minimum atomic E-state index is -0.347. The Morgan fingerprint density at radius 3 is 2.64 bits per heavy atom. The van der Waals surface area contributed by atoms with E-state index in [0.29, 0.717) is 56.3 Å². The number of rotatable bonds is 10. The van der Waals surface area contributed by atoms with Gasteiger partial charge in [-0.25, -0.2) is 0 Å². The lowest BCUT2D eigenvalue weighted by molar-refractivity contribution is -0.116. The van der Waals surface area contributed by atoms with Crippen LogP contribution < -0.4 is 10.1 Å². The Hall–Kier alpha value is -2.98. The van der Waals surface area contributed by atoms with Crippen molar-refractivity contribution in [3.05, 3.63) is 59.7 Å². The van der Waals surface area contributed by atoms with Crippen molar-refractivity contribution in [1.29, 1.82) is 0 Å². The molecule has 2 heterocycles. The van der Waals surface area contributed by atoms with Gasteiger partial charge in [-0.15, -0.1) is 0 Å². The van der Waals surface area contributed by atoms with Crippen LogP contribution in [0.4, 0.5) is 5.69 Å². The number of carbonyl (C=O) groups excluding carboxylic acids is 2. The number of aliphatic hydroxyl groups is 1. The first-order valence-electron chi connectivity index (χ1n) is 13.9. The number of nitrogens with one attached hydrogen (secondary N) is 1. The van der Waals surface area contributed by atoms with Gasteiger partial charge in [0.15, 0.2) is 0 Å². The van der Waals surface area contributed by atoms with Crippen LogP contribution in [0.1, 0.15) is 36.2 Å². The molecule has 9 nitrogen and oxygen atoms in total. The minimum Gasteiger partial charge on any atom is -0.488 e. The van der Waals surface area contributed by atoms with Crippen molar-refractivity contribution in [1.82, 2.24) is 14.7 Å². The van der Waals surface area contributed by atoms with Gasteiger partial charge in [-0.2, -0.15) is 0 Å². The number of fused-ring (bicyclic) bond motifs is 1. The monoisotopic (exact) mass is 538 g/mol. The van der Waals surface area contributed by atoms with E-state index >= 15 is 0 Å². The summed E-state index contributed by atoms with van der Waals surface area (Å²) in [5.41, 5.74) is 2.17. The normalized spacial score (nSPS) is 21.1. The van der Waals surface area contributed by atoms with Gasteiger partial charge >= 0.3 is 0 Å². The van der Waals surface area contributed by atoms with E-state index in [-0.39, 0.29) is 36.5 Å². The number of aliphatic hydroxyl groups excluding tert-OH is 1. The number of ether oxygens (including phenoxy) is 2. The molecule has 0 aliphatic carbocycles. The zero-order valence-corrected chi connectivity index (χ0v) is 23.3. The van der Waals surface area contributed by atoms with Crippen molar-refractivity contribution in [3.63, 3.8) is 0 Å². The highest BCUT2D eigenvalue weighted by atomic mass is 16.5. The number of nitrogens with zero attached hydrogens (tertiary/aromatic N) is 3. The SMILES string of the molecule is C[C@H](CO)N1C[C@H](C)[C@H](CN(C)Cc2ccccc2)Oc2ccc(NC(=O)CCN3CCOCC3)cc2C1=O. The number of benzene rings is 2. The maximum absolute atomic E-state index is 13.7. The number of morpholine rings is 1. The fourth-order valence-corrected chi connectivity index (χ4v) is 5.09. The number of amides is 2. The topological polar surface area (TPSA) is 94.6 Å². The second kappa shape index (κ2) is 13.9. The van der Waals surface area contributed by atoms with Crippen LogP contribution in [0.25, 0.3) is 0 Å². The number of carbonyl (C=O) groups is 2. The molecule has 39 heavy (non-hydrogen) atoms. The second-order valence-electron chi connectivity index (χ2n) is 10.8. The molecule has 1 saturated heterocycles. The van der Waals surface area contributed by atoms with Gasteiger partial charge in [-0.1, -0.05) is 37.3 Å². The summed E-state index contributed by atoms with van der Waals surface area (Å²) in [6, 6.07) is 15.2. The lowest BCUT2D eigenvalue weighted by Gasteiger charge is -2.38. The third kappa shape index (κ3) is 8.02. The van der Waals surface area contributed by atoms with Crippen LogP contribution in [0.2, 0.25) is 0 Å². The van der Waals surface area contributed by atoms with Crippen LogP contribution in [0.3, 0.4) is 0 Å². The fraction of sp³-hybridized carbons (Fsp3) is 0.533. The van der Waals surface area contributed by atoms with Gasteiger partial charge in [0.2, 0.25) is 5.91 Å². The average Bonchev–Trinajstić information content (AvgIpc) is 2.94. The largest absolute Gasteiger partial charge is 0.488 e. The van der Waals surface area contributed by atoms with E-state index in [1.807, 2.05) is 25.1 Å². The van der Waals surface area contributed by atoms with Crippen LogP contribution in [-0.4, -0.2) is 103 Å². The first-order valence-corrected chi connectivity index (χ1v) is 13.9. The highest BCUT2D eigenvalue weighted by molar-refractivity contribution is 5.99. The first kappa shape index (κ1) is 29.0. The van der Waals surface area contributed by atoms with Gasteiger partial charge in [0, 0.05) is 57.3 Å². The van der Waals surface area contributed by atoms with Gasteiger partial charge in [0.05, 0.1) is 31.4 Å². The summed E-state index contributed by atoms with van der Waals surface area (Å²) in [6.07, 6.45) is 0.190. The molecule has 2 aliphatic heterocycles. The Morgan fingerprint density at radius 2 is 1.92 bits per heavy atom. The Kier molecular flexibility index (Phi) is 10.3. The molecule has 3 atom stereocenters. The summed E-state index contributed by atoms with van der Waals surface area (Å²) in [4.78, 5) is 32.5. The summed E-state index contributed by atoms with van der Waals surface area (Å²) in [6.45, 7) is 9.42. The molecular formula is C30H42N4O5. The van der Waals surface area contributed by atoms with Crippen LogP contribution >= 0.6 is 0 Å². The van der Waals surface area contributed by atoms with Crippen LogP contribution in [0.15, 0.2) is 48.5 Å². The number of likely N-dealkylation sites (N-methyl/N-ethyl adjacent to an activating group) is 1. The van der Waals surface area contributed by atoms with Gasteiger partial charge in [-0.3, -0.25) is 19.4 Å². The zero-order chi connectivity index (χ0) is 27.8. The average molecular weight is 539 g/mol. The van der Waals surface area contributed by atoms with E-state index in [2.05, 4.69) is 41.2 Å². The van der Waals surface area contributed by atoms with Gasteiger partial charge in [0.1, 0.15) is 11.9 Å². The smallest absolute Gasteiger partial charge is 0.258 e. The molecule has 2 aromatic carbocycles. The maximum atomic E-state index is 13.7. The first-order chi connectivity index (χ1) is 18.8. The van der Waals surface area contributed by atoms with Gasteiger partial charge < -0.3 is 24.8 Å². The molecule has 1 fully saturated rings. The molecule has 2 amide bonds. The highest BCUT2D eigenvalue weighted by Crippen LogP contribution is 2.31. The van der Waals surface area contributed by atoms with Crippen molar-refractivity contribution in [2.45, 2.75) is 39.0 Å². The maximum Gasteiger partial charge on any atom is 0.258 e. The Labute approximate surface area is 231 Å². The van der Waals surface area contributed by atoms with Crippen LogP contribution in [-0.2, 0) is 16.1 Å². The van der Waals surface area contributed by atoms with Crippen molar-refractivity contribution < 1.29 is 24.2 Å². The Morgan fingerprint density at radius 1 is 1.18 bits per heavy atom. The van der Waals surface area contributed by atoms with Crippen LogP contribution in [0.5, 0.6) is 5.75 Å². The molecule has 2 aromatic rings. The fourth-order valence-electron chi connectivity index (χ4n) is 5.09. The summed E-state index contributed by atoms with van der Waals surface area (Å²) >= 11 is 0. The number of hydrogen-bond donors (Lipinski definition) is 2. The predicted molar refractivity (Wildman–Crippen MR) is 151 cm³/mol. The van der Waals surface area contributed by atoms with Gasteiger partial charge in [-0.05, 0) is 37.7 Å². The molecule has 0 radical (unpaired) electrons. The lowest BCUT2D eigenvalue weighted by Crippen LogP contribution is -2.49. The van der Waals surface area contributed by atoms with Gasteiger partial charge in [0.25, 0.3) is 5.91 Å². The molecule has 9 heteroatoms. The third-order valence-corrected chi connectivity index (χ3v) is 7.49. The molecule has 0 bridgehead atoms. The molecular weight excluding hydrogens is 496 g/mol. The molecule has 4 rings (SSSR count). The third-order valence-electron chi connectivity index (χ3n) is 7.49. The van der Waals surface area contributed by atoms with E-state index in [0.717, 1.165) is 19.6 Å². The molecule has 212 valence electrons. The summed E-state index contributed by atoms with van der Waals surface area (Å²) in [5, 5.41) is 12.9. The molecule has 0 saturated carbocycles. The quantitative estimate of drug-likeness (QED) is 0.480. The van der Waals surface area contributed by atoms with Crippen molar-refractivity contribution >= 4 is 17.5 Å². The minimum absolute atomic E-state index is 0.0360. The summed E-state index contributed by atoms with van der Waals surface area (Å²) in [7, 11) is 2.07. The Balaban J connectivity index is 1.50. The highest BCUT2D eigenvalue weighted by Gasteiger charge is 2.33. The number of anilines is 1.